The fourth-order valence-corrected chi connectivity index (χ4v) is 4.94. The van der Waals surface area contributed by atoms with Gasteiger partial charge in [-0.15, -0.1) is 11.3 Å². The molecular formula is C16H20N2O3S2. The van der Waals surface area contributed by atoms with Gasteiger partial charge in [-0.2, -0.15) is 0 Å². The molecule has 2 heterocycles. The molecule has 0 atom stereocenters. The maximum atomic E-state index is 12.6. The number of sulfone groups is 1. The Hall–Kier alpha value is -1.47. The van der Waals surface area contributed by atoms with Crippen molar-refractivity contribution in [2.45, 2.75) is 31.4 Å². The Morgan fingerprint density at radius 2 is 2.04 bits per heavy atom. The molecule has 1 amide bonds. The number of rotatable bonds is 3. The number of thiazole rings is 1. The molecule has 1 aromatic carbocycles. The first-order chi connectivity index (χ1) is 10.9. The van der Waals surface area contributed by atoms with Gasteiger partial charge in [0.2, 0.25) is 0 Å². The molecule has 1 fully saturated rings. The zero-order valence-corrected chi connectivity index (χ0v) is 14.9. The molecule has 5 nitrogen and oxygen atoms in total. The number of hydrogen-bond acceptors (Lipinski definition) is 5. The number of aromatic nitrogens is 1. The number of carbonyl (C=O) groups excluding carboxylic acids is 1. The molecule has 0 bridgehead atoms. The van der Waals surface area contributed by atoms with E-state index in [4.69, 9.17) is 0 Å². The maximum absolute atomic E-state index is 12.6. The number of hydrogen-bond donors (Lipinski definition) is 0. The number of fused-ring (bicyclic) bond motifs is 1. The summed E-state index contributed by atoms with van der Waals surface area (Å²) < 4.78 is 24.2. The molecular weight excluding hydrogens is 332 g/mol. The molecule has 7 heteroatoms. The smallest absolute Gasteiger partial charge is 0.253 e. The molecule has 124 valence electrons. The van der Waals surface area contributed by atoms with Gasteiger partial charge < -0.3 is 4.90 Å². The molecule has 1 saturated heterocycles. The second-order valence-electron chi connectivity index (χ2n) is 5.96. The van der Waals surface area contributed by atoms with E-state index in [-0.39, 0.29) is 11.2 Å². The average Bonchev–Trinajstić information content (AvgIpc) is 2.95. The Kier molecular flexibility index (Phi) is 4.42. The van der Waals surface area contributed by atoms with Gasteiger partial charge in [0.1, 0.15) is 9.84 Å². The molecule has 0 unspecified atom stereocenters. The van der Waals surface area contributed by atoms with E-state index in [1.54, 1.807) is 16.2 Å². The van der Waals surface area contributed by atoms with Crippen molar-refractivity contribution in [3.8, 4) is 0 Å². The molecule has 2 aromatic rings. The first-order valence-corrected chi connectivity index (χ1v) is 10.5. The van der Waals surface area contributed by atoms with Crippen LogP contribution in [0.2, 0.25) is 0 Å². The van der Waals surface area contributed by atoms with Crippen LogP contribution in [0.5, 0.6) is 0 Å². The zero-order chi connectivity index (χ0) is 16.6. The SMILES string of the molecule is CCc1nc2ccc(C(=O)N3CCC(S(C)(=O)=O)CC3)cc2s1. The number of piperidine rings is 1. The van der Waals surface area contributed by atoms with Gasteiger partial charge in [0.05, 0.1) is 20.5 Å². The molecule has 0 spiro atoms. The van der Waals surface area contributed by atoms with Gasteiger partial charge in [0.25, 0.3) is 5.91 Å². The van der Waals surface area contributed by atoms with Crippen molar-refractivity contribution in [1.29, 1.82) is 0 Å². The fourth-order valence-electron chi connectivity index (χ4n) is 2.93. The summed E-state index contributed by atoms with van der Waals surface area (Å²) in [6, 6.07) is 5.60. The van der Waals surface area contributed by atoms with Gasteiger partial charge in [-0.1, -0.05) is 6.92 Å². The standard InChI is InChI=1S/C16H20N2O3S2/c1-3-15-17-13-5-4-11(10-14(13)22-15)16(19)18-8-6-12(7-9-18)23(2,20)21/h4-5,10,12H,3,6-9H2,1-2H3. The molecule has 1 aromatic heterocycles. The lowest BCUT2D eigenvalue weighted by atomic mass is 10.1. The zero-order valence-electron chi connectivity index (χ0n) is 13.3. The first-order valence-electron chi connectivity index (χ1n) is 7.76. The van der Waals surface area contributed by atoms with Crippen LogP contribution in [-0.2, 0) is 16.3 Å². The van der Waals surface area contributed by atoms with E-state index in [1.165, 1.54) is 6.26 Å². The highest BCUT2D eigenvalue weighted by molar-refractivity contribution is 7.91. The largest absolute Gasteiger partial charge is 0.339 e. The van der Waals surface area contributed by atoms with E-state index >= 15 is 0 Å². The molecule has 1 aliphatic heterocycles. The number of carbonyl (C=O) groups is 1. The van der Waals surface area contributed by atoms with Crippen LogP contribution in [0, 0.1) is 0 Å². The van der Waals surface area contributed by atoms with Gasteiger partial charge in [-0.05, 0) is 37.5 Å². The van der Waals surface area contributed by atoms with Crippen molar-refractivity contribution in [3.05, 3.63) is 28.8 Å². The van der Waals surface area contributed by atoms with Crippen LogP contribution in [0.4, 0.5) is 0 Å². The molecule has 23 heavy (non-hydrogen) atoms. The lowest BCUT2D eigenvalue weighted by Crippen LogP contribution is -2.42. The molecule has 3 rings (SSSR count). The second kappa shape index (κ2) is 6.20. The van der Waals surface area contributed by atoms with E-state index in [1.807, 2.05) is 18.2 Å². The minimum atomic E-state index is -3.01. The van der Waals surface area contributed by atoms with Crippen molar-refractivity contribution in [1.82, 2.24) is 9.88 Å². The van der Waals surface area contributed by atoms with Crippen LogP contribution in [0.3, 0.4) is 0 Å². The van der Waals surface area contributed by atoms with E-state index in [9.17, 15) is 13.2 Å². The molecule has 0 saturated carbocycles. The quantitative estimate of drug-likeness (QED) is 0.851. The Balaban J connectivity index is 1.76. The van der Waals surface area contributed by atoms with Gasteiger partial charge >= 0.3 is 0 Å². The summed E-state index contributed by atoms with van der Waals surface area (Å²) in [4.78, 5) is 18.9. The highest BCUT2D eigenvalue weighted by atomic mass is 32.2. The monoisotopic (exact) mass is 352 g/mol. The predicted octanol–water partition coefficient (Wildman–Crippen LogP) is 2.51. The summed E-state index contributed by atoms with van der Waals surface area (Å²) in [7, 11) is -3.01. The summed E-state index contributed by atoms with van der Waals surface area (Å²) >= 11 is 1.62. The molecule has 1 aliphatic rings. The summed E-state index contributed by atoms with van der Waals surface area (Å²) in [5.41, 5.74) is 1.58. The number of aryl methyl sites for hydroxylation is 1. The maximum Gasteiger partial charge on any atom is 0.253 e. The Bertz CT molecular complexity index is 834. The van der Waals surface area contributed by atoms with Crippen molar-refractivity contribution in [2.24, 2.45) is 0 Å². The highest BCUT2D eigenvalue weighted by Gasteiger charge is 2.29. The van der Waals surface area contributed by atoms with Gasteiger partial charge in [-0.25, -0.2) is 13.4 Å². The summed E-state index contributed by atoms with van der Waals surface area (Å²) in [5, 5.41) is 0.751. The molecule has 0 aliphatic carbocycles. The second-order valence-corrected chi connectivity index (χ2v) is 9.41. The Morgan fingerprint density at radius 1 is 1.35 bits per heavy atom. The third kappa shape index (κ3) is 3.40. The minimum absolute atomic E-state index is 0.0229. The predicted molar refractivity (Wildman–Crippen MR) is 92.8 cm³/mol. The number of likely N-dealkylation sites (tertiary alicyclic amines) is 1. The topological polar surface area (TPSA) is 67.3 Å². The van der Waals surface area contributed by atoms with Gasteiger partial charge in [0.15, 0.2) is 0 Å². The van der Waals surface area contributed by atoms with Crippen molar-refractivity contribution in [2.75, 3.05) is 19.3 Å². The lowest BCUT2D eigenvalue weighted by molar-refractivity contribution is 0.0726. The van der Waals surface area contributed by atoms with Crippen molar-refractivity contribution in [3.63, 3.8) is 0 Å². The summed E-state index contributed by atoms with van der Waals surface area (Å²) in [5.74, 6) is -0.0229. The molecule has 0 N–H and O–H groups in total. The van der Waals surface area contributed by atoms with Crippen LogP contribution in [0.25, 0.3) is 10.2 Å². The van der Waals surface area contributed by atoms with Crippen LogP contribution in [0.15, 0.2) is 18.2 Å². The van der Waals surface area contributed by atoms with E-state index in [0.717, 1.165) is 21.6 Å². The van der Waals surface area contributed by atoms with Gasteiger partial charge in [-0.3, -0.25) is 4.79 Å². The van der Waals surface area contributed by atoms with E-state index in [0.29, 0.717) is 31.5 Å². The number of nitrogens with zero attached hydrogens (tertiary/aromatic N) is 2. The first kappa shape index (κ1) is 16.4. The Labute approximate surface area is 140 Å². The number of amides is 1. The van der Waals surface area contributed by atoms with Crippen molar-refractivity contribution >= 4 is 37.3 Å². The minimum Gasteiger partial charge on any atom is -0.339 e. The van der Waals surface area contributed by atoms with Crippen molar-refractivity contribution < 1.29 is 13.2 Å². The average molecular weight is 352 g/mol. The third-order valence-electron chi connectivity index (χ3n) is 4.32. The van der Waals surface area contributed by atoms with Crippen LogP contribution in [0.1, 0.15) is 35.1 Å². The Morgan fingerprint density at radius 3 is 2.65 bits per heavy atom. The normalized spacial score (nSPS) is 16.9. The molecule has 0 radical (unpaired) electrons. The third-order valence-corrected chi connectivity index (χ3v) is 7.16. The van der Waals surface area contributed by atoms with Crippen LogP contribution in [-0.4, -0.2) is 48.8 Å². The van der Waals surface area contributed by atoms with Gasteiger partial charge in [0, 0.05) is 24.9 Å². The summed E-state index contributed by atoms with van der Waals surface area (Å²) in [6.07, 6.45) is 3.21. The highest BCUT2D eigenvalue weighted by Crippen LogP contribution is 2.25. The van der Waals surface area contributed by atoms with E-state index in [2.05, 4.69) is 11.9 Å². The van der Waals surface area contributed by atoms with Crippen LogP contribution < -0.4 is 0 Å². The number of benzene rings is 1. The van der Waals surface area contributed by atoms with E-state index < -0.39 is 9.84 Å². The fraction of sp³-hybridized carbons (Fsp3) is 0.500. The van der Waals surface area contributed by atoms with Crippen LogP contribution >= 0.6 is 11.3 Å². The summed E-state index contributed by atoms with van der Waals surface area (Å²) in [6.45, 7) is 3.06. The lowest BCUT2D eigenvalue weighted by Gasteiger charge is -2.31.